The topological polar surface area (TPSA) is 78.6 Å². The van der Waals surface area contributed by atoms with Crippen LogP contribution in [0.5, 0.6) is 0 Å². The molecule has 0 aliphatic rings. The van der Waals surface area contributed by atoms with Gasteiger partial charge in [-0.15, -0.1) is 0 Å². The smallest absolute Gasteiger partial charge is 0.238 e. The number of hydrogen-bond donors (Lipinski definition) is 3. The second-order valence-corrected chi connectivity index (χ2v) is 4.46. The minimum atomic E-state index is -0.109. The molecule has 0 saturated heterocycles. The van der Waals surface area contributed by atoms with Crippen molar-refractivity contribution in [2.24, 2.45) is 0 Å². The molecule has 5 heteroatoms. The minimum Gasteiger partial charge on any atom is -0.399 e. The van der Waals surface area contributed by atoms with E-state index in [2.05, 4.69) is 5.32 Å². The highest BCUT2D eigenvalue weighted by atomic mass is 16.3. The Labute approximate surface area is 108 Å². The Bertz CT molecular complexity index is 394. The van der Waals surface area contributed by atoms with Crippen LogP contribution in [0, 0.1) is 0 Å². The molecule has 0 saturated carbocycles. The van der Waals surface area contributed by atoms with E-state index in [9.17, 15) is 4.79 Å². The van der Waals surface area contributed by atoms with Crippen LogP contribution < -0.4 is 11.1 Å². The lowest BCUT2D eigenvalue weighted by atomic mass is 10.2. The molecule has 1 rings (SSSR count). The third-order valence-electron chi connectivity index (χ3n) is 2.63. The number of amides is 1. The van der Waals surface area contributed by atoms with Crippen molar-refractivity contribution in [2.45, 2.75) is 19.9 Å². The molecule has 0 spiro atoms. The molecule has 1 aromatic carbocycles. The maximum Gasteiger partial charge on any atom is 0.238 e. The largest absolute Gasteiger partial charge is 0.399 e. The summed E-state index contributed by atoms with van der Waals surface area (Å²) < 4.78 is 0. The molecular formula is C13H21N3O2. The fourth-order valence-electron chi connectivity index (χ4n) is 1.65. The lowest BCUT2D eigenvalue weighted by Crippen LogP contribution is -2.39. The number of carbonyl (C=O) groups excluding carboxylic acids is 1. The van der Waals surface area contributed by atoms with Crippen molar-refractivity contribution in [3.63, 3.8) is 0 Å². The third kappa shape index (κ3) is 4.73. The lowest BCUT2D eigenvalue weighted by molar-refractivity contribution is -0.117. The number of aliphatic hydroxyl groups excluding tert-OH is 1. The van der Waals surface area contributed by atoms with Gasteiger partial charge in [-0.25, -0.2) is 0 Å². The van der Waals surface area contributed by atoms with Crippen LogP contribution in [0.1, 0.15) is 13.8 Å². The van der Waals surface area contributed by atoms with Crippen LogP contribution in [0.2, 0.25) is 0 Å². The fraction of sp³-hybridized carbons (Fsp3) is 0.462. The van der Waals surface area contributed by atoms with Gasteiger partial charge in [-0.1, -0.05) is 6.07 Å². The molecule has 1 amide bonds. The van der Waals surface area contributed by atoms with Crippen LogP contribution in [-0.4, -0.2) is 41.7 Å². The van der Waals surface area contributed by atoms with Crippen LogP contribution in [-0.2, 0) is 4.79 Å². The summed E-state index contributed by atoms with van der Waals surface area (Å²) in [4.78, 5) is 13.7. The first-order valence-corrected chi connectivity index (χ1v) is 6.03. The predicted molar refractivity (Wildman–Crippen MR) is 73.3 cm³/mol. The summed E-state index contributed by atoms with van der Waals surface area (Å²) in [7, 11) is 0. The number of aliphatic hydroxyl groups is 1. The zero-order valence-corrected chi connectivity index (χ0v) is 10.9. The summed E-state index contributed by atoms with van der Waals surface area (Å²) in [6, 6.07) is 7.27. The Balaban J connectivity index is 2.55. The van der Waals surface area contributed by atoms with Gasteiger partial charge in [0.1, 0.15) is 0 Å². The van der Waals surface area contributed by atoms with Crippen LogP contribution in [0.25, 0.3) is 0 Å². The number of carbonyl (C=O) groups is 1. The summed E-state index contributed by atoms with van der Waals surface area (Å²) in [6.07, 6.45) is 0. The summed E-state index contributed by atoms with van der Waals surface area (Å²) in [5.74, 6) is -0.109. The van der Waals surface area contributed by atoms with E-state index in [1.54, 1.807) is 24.3 Å². The van der Waals surface area contributed by atoms with E-state index >= 15 is 0 Å². The van der Waals surface area contributed by atoms with E-state index in [0.29, 0.717) is 17.9 Å². The highest BCUT2D eigenvalue weighted by Gasteiger charge is 2.13. The first-order valence-electron chi connectivity index (χ1n) is 6.03. The van der Waals surface area contributed by atoms with E-state index in [1.165, 1.54) is 0 Å². The molecule has 0 aromatic heterocycles. The Morgan fingerprint density at radius 2 is 2.22 bits per heavy atom. The predicted octanol–water partition coefficient (Wildman–Crippen LogP) is 0.910. The van der Waals surface area contributed by atoms with Crippen molar-refractivity contribution < 1.29 is 9.90 Å². The maximum atomic E-state index is 11.8. The second-order valence-electron chi connectivity index (χ2n) is 4.46. The fourth-order valence-corrected chi connectivity index (χ4v) is 1.65. The first kappa shape index (κ1) is 14.5. The van der Waals surface area contributed by atoms with Crippen molar-refractivity contribution in [3.05, 3.63) is 24.3 Å². The molecule has 0 unspecified atom stereocenters. The standard InChI is InChI=1S/C13H21N3O2/c1-10(2)16(6-7-17)9-13(18)15-12-5-3-4-11(14)8-12/h3-5,8,10,17H,6-7,9,14H2,1-2H3,(H,15,18). The van der Waals surface area contributed by atoms with Crippen molar-refractivity contribution in [1.29, 1.82) is 0 Å². The van der Waals surface area contributed by atoms with Crippen molar-refractivity contribution in [3.8, 4) is 0 Å². The Hall–Kier alpha value is -1.59. The summed E-state index contributed by atoms with van der Waals surface area (Å²) >= 11 is 0. The highest BCUT2D eigenvalue weighted by Crippen LogP contribution is 2.11. The zero-order valence-electron chi connectivity index (χ0n) is 10.9. The molecule has 4 N–H and O–H groups in total. The van der Waals surface area contributed by atoms with Gasteiger partial charge in [-0.2, -0.15) is 0 Å². The van der Waals surface area contributed by atoms with Crippen LogP contribution in [0.15, 0.2) is 24.3 Å². The number of benzene rings is 1. The van der Waals surface area contributed by atoms with Crippen molar-refractivity contribution in [1.82, 2.24) is 4.90 Å². The minimum absolute atomic E-state index is 0.0454. The summed E-state index contributed by atoms with van der Waals surface area (Å²) in [6.45, 7) is 4.77. The second kappa shape index (κ2) is 6.98. The molecule has 0 aliphatic heterocycles. The Morgan fingerprint density at radius 1 is 1.50 bits per heavy atom. The van der Waals surface area contributed by atoms with Gasteiger partial charge in [-0.05, 0) is 32.0 Å². The van der Waals surface area contributed by atoms with E-state index < -0.39 is 0 Å². The van der Waals surface area contributed by atoms with Crippen LogP contribution in [0.3, 0.4) is 0 Å². The lowest BCUT2D eigenvalue weighted by Gasteiger charge is -2.24. The molecule has 0 aliphatic carbocycles. The normalized spacial score (nSPS) is 10.9. The van der Waals surface area contributed by atoms with Gasteiger partial charge < -0.3 is 16.2 Å². The van der Waals surface area contributed by atoms with Gasteiger partial charge in [0.2, 0.25) is 5.91 Å². The number of nitrogen functional groups attached to an aromatic ring is 1. The molecule has 0 radical (unpaired) electrons. The van der Waals surface area contributed by atoms with E-state index in [0.717, 1.165) is 0 Å². The Morgan fingerprint density at radius 3 is 2.78 bits per heavy atom. The van der Waals surface area contributed by atoms with Gasteiger partial charge in [-0.3, -0.25) is 9.69 Å². The number of rotatable bonds is 6. The van der Waals surface area contributed by atoms with Gasteiger partial charge in [0.15, 0.2) is 0 Å². The monoisotopic (exact) mass is 251 g/mol. The SMILES string of the molecule is CC(C)N(CCO)CC(=O)Nc1cccc(N)c1. The maximum absolute atomic E-state index is 11.8. The van der Waals surface area contributed by atoms with Gasteiger partial charge >= 0.3 is 0 Å². The molecule has 0 bridgehead atoms. The van der Waals surface area contributed by atoms with Crippen molar-refractivity contribution in [2.75, 3.05) is 30.7 Å². The average molecular weight is 251 g/mol. The van der Waals surface area contributed by atoms with E-state index in [1.807, 2.05) is 18.7 Å². The first-order chi connectivity index (χ1) is 8.52. The molecule has 0 fully saturated rings. The summed E-state index contributed by atoms with van der Waals surface area (Å²) in [5, 5.41) is 11.7. The molecular weight excluding hydrogens is 230 g/mol. The van der Waals surface area contributed by atoms with Gasteiger partial charge in [0, 0.05) is 24.0 Å². The molecule has 18 heavy (non-hydrogen) atoms. The number of nitrogens with zero attached hydrogens (tertiary/aromatic N) is 1. The zero-order chi connectivity index (χ0) is 13.5. The van der Waals surface area contributed by atoms with E-state index in [4.69, 9.17) is 10.8 Å². The molecule has 5 nitrogen and oxygen atoms in total. The highest BCUT2D eigenvalue weighted by molar-refractivity contribution is 5.92. The van der Waals surface area contributed by atoms with Crippen LogP contribution >= 0.6 is 0 Å². The van der Waals surface area contributed by atoms with Crippen LogP contribution in [0.4, 0.5) is 11.4 Å². The number of nitrogens with one attached hydrogen (secondary N) is 1. The van der Waals surface area contributed by atoms with Gasteiger partial charge in [0.05, 0.1) is 13.2 Å². The average Bonchev–Trinajstić information content (AvgIpc) is 2.28. The van der Waals surface area contributed by atoms with Crippen molar-refractivity contribution >= 4 is 17.3 Å². The molecule has 100 valence electrons. The number of hydrogen-bond acceptors (Lipinski definition) is 4. The molecule has 0 atom stereocenters. The van der Waals surface area contributed by atoms with E-state index in [-0.39, 0.29) is 25.1 Å². The van der Waals surface area contributed by atoms with Gasteiger partial charge in [0.25, 0.3) is 0 Å². The molecule has 1 aromatic rings. The quantitative estimate of drug-likeness (QED) is 0.657. The molecule has 0 heterocycles. The summed E-state index contributed by atoms with van der Waals surface area (Å²) in [5.41, 5.74) is 6.94. The number of nitrogens with two attached hydrogens (primary N) is 1. The number of anilines is 2. The third-order valence-corrected chi connectivity index (χ3v) is 2.63. The Kier molecular flexibility index (Phi) is 5.61.